The van der Waals surface area contributed by atoms with E-state index in [-0.39, 0.29) is 0 Å². The monoisotopic (exact) mass is 397 g/mol. The minimum atomic E-state index is -0.442. The summed E-state index contributed by atoms with van der Waals surface area (Å²) >= 11 is 0. The molecule has 1 saturated heterocycles. The molecule has 156 valence electrons. The molecule has 3 heterocycles. The molecule has 5 nitrogen and oxygen atoms in total. The van der Waals surface area contributed by atoms with Crippen molar-refractivity contribution >= 4 is 5.82 Å². The van der Waals surface area contributed by atoms with Crippen molar-refractivity contribution in [2.24, 2.45) is 10.8 Å². The summed E-state index contributed by atoms with van der Waals surface area (Å²) in [6, 6.07) is 3.48. The molecule has 2 aromatic heterocycles. The number of halogens is 1. The highest BCUT2D eigenvalue weighted by Crippen LogP contribution is 2.46. The number of anilines is 1. The van der Waals surface area contributed by atoms with Crippen LogP contribution >= 0.6 is 0 Å². The largest absolute Gasteiger partial charge is 0.369 e. The molecule has 29 heavy (non-hydrogen) atoms. The zero-order chi connectivity index (χ0) is 20.1. The fraction of sp³-hybridized carbons (Fsp3) is 0.652. The number of aromatic nitrogens is 3. The molecular formula is C23H32FN5. The van der Waals surface area contributed by atoms with Crippen LogP contribution in [0, 0.1) is 16.8 Å². The number of aromatic amines is 1. The standard InChI is InChI=1S/C23H32FN5/c1-22(2)6-5-17-18(13-22)27-28-21(17)16-11-19(24)26-20(12-16)25-14-23(7-8-23)15-29-9-3-4-10-29/h11-12H,3-10,13-15H2,1-2H3,(H,25,26)(H,27,28). The van der Waals surface area contributed by atoms with E-state index in [0.29, 0.717) is 16.6 Å². The lowest BCUT2D eigenvalue weighted by Crippen LogP contribution is -2.32. The molecule has 5 rings (SSSR count). The van der Waals surface area contributed by atoms with E-state index in [1.165, 1.54) is 56.1 Å². The predicted octanol–water partition coefficient (Wildman–Crippen LogP) is 4.41. The van der Waals surface area contributed by atoms with Crippen LogP contribution < -0.4 is 5.32 Å². The lowest BCUT2D eigenvalue weighted by atomic mass is 9.76. The summed E-state index contributed by atoms with van der Waals surface area (Å²) in [5.74, 6) is 0.183. The van der Waals surface area contributed by atoms with Gasteiger partial charge in [-0.25, -0.2) is 4.98 Å². The van der Waals surface area contributed by atoms with E-state index in [1.807, 2.05) is 6.07 Å². The van der Waals surface area contributed by atoms with Crippen molar-refractivity contribution in [3.8, 4) is 11.3 Å². The van der Waals surface area contributed by atoms with Gasteiger partial charge in [0.2, 0.25) is 5.95 Å². The summed E-state index contributed by atoms with van der Waals surface area (Å²) in [5, 5.41) is 11.2. The van der Waals surface area contributed by atoms with Crippen LogP contribution in [-0.4, -0.2) is 46.3 Å². The Morgan fingerprint density at radius 2 is 1.97 bits per heavy atom. The third-order valence-electron chi connectivity index (χ3n) is 7.09. The quantitative estimate of drug-likeness (QED) is 0.709. The number of hydrogen-bond donors (Lipinski definition) is 2. The molecule has 1 aliphatic heterocycles. The lowest BCUT2D eigenvalue weighted by molar-refractivity contribution is 0.271. The first-order chi connectivity index (χ1) is 13.9. The summed E-state index contributed by atoms with van der Waals surface area (Å²) in [7, 11) is 0. The predicted molar refractivity (Wildman–Crippen MR) is 113 cm³/mol. The minimum Gasteiger partial charge on any atom is -0.369 e. The van der Waals surface area contributed by atoms with Gasteiger partial charge in [-0.2, -0.15) is 9.49 Å². The van der Waals surface area contributed by atoms with Crippen molar-refractivity contribution in [2.75, 3.05) is 31.5 Å². The highest BCUT2D eigenvalue weighted by Gasteiger charge is 2.44. The molecule has 0 bridgehead atoms. The van der Waals surface area contributed by atoms with Crippen molar-refractivity contribution < 1.29 is 4.39 Å². The van der Waals surface area contributed by atoms with Crippen molar-refractivity contribution in [1.82, 2.24) is 20.1 Å². The Hall–Kier alpha value is -1.95. The number of rotatable bonds is 6. The Kier molecular flexibility index (Phi) is 4.65. The van der Waals surface area contributed by atoms with Gasteiger partial charge in [-0.1, -0.05) is 13.8 Å². The molecule has 2 fully saturated rings. The molecule has 0 atom stereocenters. The maximum atomic E-state index is 14.3. The molecule has 3 aliphatic rings. The van der Waals surface area contributed by atoms with Gasteiger partial charge in [-0.05, 0) is 69.5 Å². The van der Waals surface area contributed by atoms with E-state index in [0.717, 1.165) is 43.6 Å². The van der Waals surface area contributed by atoms with Gasteiger partial charge >= 0.3 is 0 Å². The molecule has 0 radical (unpaired) electrons. The first kappa shape index (κ1) is 19.0. The third kappa shape index (κ3) is 4.04. The van der Waals surface area contributed by atoms with Crippen LogP contribution in [0.15, 0.2) is 12.1 Å². The number of H-pyrrole nitrogens is 1. The van der Waals surface area contributed by atoms with E-state index in [2.05, 4.69) is 39.2 Å². The van der Waals surface area contributed by atoms with E-state index < -0.39 is 5.95 Å². The Morgan fingerprint density at radius 3 is 2.72 bits per heavy atom. The van der Waals surface area contributed by atoms with Crippen LogP contribution in [0.5, 0.6) is 0 Å². The number of hydrogen-bond acceptors (Lipinski definition) is 4. The maximum absolute atomic E-state index is 14.3. The first-order valence-corrected chi connectivity index (χ1v) is 11.1. The number of nitrogens with one attached hydrogen (secondary N) is 2. The van der Waals surface area contributed by atoms with E-state index in [1.54, 1.807) is 0 Å². The molecule has 2 N–H and O–H groups in total. The van der Waals surface area contributed by atoms with Gasteiger partial charge in [0.05, 0.1) is 5.69 Å². The minimum absolute atomic E-state index is 0.293. The number of fused-ring (bicyclic) bond motifs is 1. The van der Waals surface area contributed by atoms with E-state index in [4.69, 9.17) is 0 Å². The second-order valence-electron chi connectivity index (χ2n) is 10.3. The normalized spacial score (nSPS) is 22.4. The number of nitrogens with zero attached hydrogens (tertiary/aromatic N) is 3. The van der Waals surface area contributed by atoms with Crippen molar-refractivity contribution in [1.29, 1.82) is 0 Å². The molecule has 1 saturated carbocycles. The van der Waals surface area contributed by atoms with Crippen LogP contribution in [0.4, 0.5) is 10.2 Å². The molecule has 2 aromatic rings. The fourth-order valence-electron chi connectivity index (χ4n) is 5.07. The maximum Gasteiger partial charge on any atom is 0.215 e. The second kappa shape index (κ2) is 7.08. The Bertz CT molecular complexity index is 893. The Balaban J connectivity index is 1.32. The van der Waals surface area contributed by atoms with Crippen molar-refractivity contribution in [2.45, 2.75) is 58.8 Å². The summed E-state index contributed by atoms with van der Waals surface area (Å²) in [5.41, 5.74) is 4.79. The van der Waals surface area contributed by atoms with Gasteiger partial charge in [-0.3, -0.25) is 5.10 Å². The van der Waals surface area contributed by atoms with Crippen molar-refractivity contribution in [3.63, 3.8) is 0 Å². The molecule has 0 spiro atoms. The first-order valence-electron chi connectivity index (χ1n) is 11.1. The zero-order valence-corrected chi connectivity index (χ0v) is 17.7. The van der Waals surface area contributed by atoms with Crippen LogP contribution in [0.2, 0.25) is 0 Å². The molecule has 2 aliphatic carbocycles. The summed E-state index contributed by atoms with van der Waals surface area (Å²) in [6.07, 6.45) is 8.26. The zero-order valence-electron chi connectivity index (χ0n) is 17.7. The van der Waals surface area contributed by atoms with Crippen LogP contribution in [0.25, 0.3) is 11.3 Å². The molecule has 6 heteroatoms. The SMILES string of the molecule is CC1(C)CCc2c(-c3cc(F)nc(NCC4(CN5CCCC5)CC4)c3)n[nH]c2C1. The average Bonchev–Trinajstić information content (AvgIpc) is 3.05. The van der Waals surface area contributed by atoms with Crippen LogP contribution in [0.1, 0.15) is 57.2 Å². The smallest absolute Gasteiger partial charge is 0.215 e. The Morgan fingerprint density at radius 1 is 1.17 bits per heavy atom. The second-order valence-corrected chi connectivity index (χ2v) is 10.3. The topological polar surface area (TPSA) is 56.8 Å². The number of likely N-dealkylation sites (tertiary alicyclic amines) is 1. The highest BCUT2D eigenvalue weighted by molar-refractivity contribution is 5.67. The molecule has 0 amide bonds. The summed E-state index contributed by atoms with van der Waals surface area (Å²) in [6.45, 7) is 9.06. The van der Waals surface area contributed by atoms with E-state index in [9.17, 15) is 4.39 Å². The summed E-state index contributed by atoms with van der Waals surface area (Å²) < 4.78 is 14.3. The van der Waals surface area contributed by atoms with E-state index >= 15 is 0 Å². The Labute approximate surface area is 172 Å². The molecular weight excluding hydrogens is 365 g/mol. The fourth-order valence-corrected chi connectivity index (χ4v) is 5.07. The summed E-state index contributed by atoms with van der Waals surface area (Å²) in [4.78, 5) is 6.69. The third-order valence-corrected chi connectivity index (χ3v) is 7.09. The van der Waals surface area contributed by atoms with Gasteiger partial charge in [0.1, 0.15) is 5.82 Å². The molecule has 0 unspecified atom stereocenters. The van der Waals surface area contributed by atoms with Gasteiger partial charge in [0.25, 0.3) is 0 Å². The van der Waals surface area contributed by atoms with Crippen LogP contribution in [-0.2, 0) is 12.8 Å². The van der Waals surface area contributed by atoms with Gasteiger partial charge in [-0.15, -0.1) is 0 Å². The number of pyridine rings is 1. The highest BCUT2D eigenvalue weighted by atomic mass is 19.1. The van der Waals surface area contributed by atoms with Gasteiger partial charge < -0.3 is 10.2 Å². The average molecular weight is 398 g/mol. The lowest BCUT2D eigenvalue weighted by Gasteiger charge is -2.29. The van der Waals surface area contributed by atoms with Crippen LogP contribution in [0.3, 0.4) is 0 Å². The van der Waals surface area contributed by atoms with Gasteiger partial charge in [0.15, 0.2) is 0 Å². The van der Waals surface area contributed by atoms with Gasteiger partial charge in [0, 0.05) is 41.4 Å². The van der Waals surface area contributed by atoms with Crippen molar-refractivity contribution in [3.05, 3.63) is 29.3 Å². The molecule has 0 aromatic carbocycles.